The van der Waals surface area contributed by atoms with Crippen LogP contribution in [0.25, 0.3) is 0 Å². The number of amides is 1. The number of ether oxygens (including phenoxy) is 2. The van der Waals surface area contributed by atoms with Crippen molar-refractivity contribution in [3.63, 3.8) is 0 Å². The van der Waals surface area contributed by atoms with E-state index in [0.29, 0.717) is 25.3 Å². The van der Waals surface area contributed by atoms with Gasteiger partial charge in [0.1, 0.15) is 18.1 Å². The lowest BCUT2D eigenvalue weighted by Gasteiger charge is -2.32. The maximum absolute atomic E-state index is 12.9. The van der Waals surface area contributed by atoms with Gasteiger partial charge < -0.3 is 19.3 Å². The number of aryl methyl sites for hydroxylation is 1. The fraction of sp³-hybridized carbons (Fsp3) is 0.458. The van der Waals surface area contributed by atoms with Gasteiger partial charge in [0.05, 0.1) is 0 Å². The molecule has 0 unspecified atom stereocenters. The van der Waals surface area contributed by atoms with Gasteiger partial charge in [-0.25, -0.2) is 0 Å². The first-order chi connectivity index (χ1) is 15.7. The molecule has 2 heterocycles. The van der Waals surface area contributed by atoms with Gasteiger partial charge in [-0.3, -0.25) is 9.69 Å². The molecule has 2 aromatic carbocycles. The van der Waals surface area contributed by atoms with E-state index in [1.807, 2.05) is 19.1 Å². The highest BCUT2D eigenvalue weighted by Gasteiger charge is 2.32. The Balaban J connectivity index is 1.35. The Morgan fingerprint density at radius 1 is 1.00 bits per heavy atom. The summed E-state index contributed by atoms with van der Waals surface area (Å²) in [6, 6.07) is 9.41. The summed E-state index contributed by atoms with van der Waals surface area (Å²) in [5.41, 5.74) is 3.18. The number of hydrogen-bond donors (Lipinski definition) is 0. The summed E-state index contributed by atoms with van der Waals surface area (Å²) in [4.78, 5) is 19.3. The molecule has 4 rings (SSSR count). The predicted octanol–water partition coefficient (Wildman–Crippen LogP) is 3.68. The molecule has 6 nitrogen and oxygen atoms in total. The number of carbonyl (C=O) groups excluding carboxylic acids is 1. The Kier molecular flexibility index (Phi) is 6.81. The van der Waals surface area contributed by atoms with Gasteiger partial charge >= 0.3 is 6.36 Å². The summed E-state index contributed by atoms with van der Waals surface area (Å²) < 4.78 is 46.9. The number of benzene rings is 2. The minimum absolute atomic E-state index is 0.0814. The highest BCUT2D eigenvalue weighted by atomic mass is 19.4. The number of hydrogen-bond acceptors (Lipinski definition) is 5. The molecule has 0 N–H and O–H groups in total. The lowest BCUT2D eigenvalue weighted by Crippen LogP contribution is -2.45. The highest BCUT2D eigenvalue weighted by Crippen LogP contribution is 2.31. The molecule has 0 bridgehead atoms. The third-order valence-electron chi connectivity index (χ3n) is 6.06. The maximum atomic E-state index is 12.9. The van der Waals surface area contributed by atoms with Crippen LogP contribution in [0.5, 0.6) is 11.5 Å². The van der Waals surface area contributed by atoms with Crippen molar-refractivity contribution in [1.82, 2.24) is 14.7 Å². The Hall–Kier alpha value is -2.78. The topological polar surface area (TPSA) is 45.2 Å². The van der Waals surface area contributed by atoms with E-state index < -0.39 is 6.36 Å². The average Bonchev–Trinajstić information content (AvgIpc) is 3.05. The minimum Gasteiger partial charge on any atom is -0.492 e. The number of piperazine rings is 1. The highest BCUT2D eigenvalue weighted by molar-refractivity contribution is 6.00. The molecule has 0 saturated carbocycles. The molecule has 2 aromatic rings. The van der Waals surface area contributed by atoms with Crippen molar-refractivity contribution in [3.8, 4) is 11.5 Å². The quantitative estimate of drug-likeness (QED) is 0.627. The van der Waals surface area contributed by atoms with E-state index in [1.54, 1.807) is 4.90 Å². The molecule has 178 valence electrons. The monoisotopic (exact) mass is 463 g/mol. The predicted molar refractivity (Wildman–Crippen MR) is 117 cm³/mol. The first-order valence-electron chi connectivity index (χ1n) is 11.0. The van der Waals surface area contributed by atoms with Gasteiger partial charge in [0.25, 0.3) is 5.91 Å². The van der Waals surface area contributed by atoms with Crippen molar-refractivity contribution in [1.29, 1.82) is 0 Å². The molecular formula is C24H28F3N3O3. The van der Waals surface area contributed by atoms with Gasteiger partial charge in [-0.2, -0.15) is 0 Å². The molecule has 1 saturated heterocycles. The van der Waals surface area contributed by atoms with Crippen molar-refractivity contribution in [2.24, 2.45) is 0 Å². The molecule has 2 aliphatic rings. The van der Waals surface area contributed by atoms with E-state index in [1.165, 1.54) is 24.3 Å². The van der Waals surface area contributed by atoms with E-state index in [-0.39, 0.29) is 11.7 Å². The van der Waals surface area contributed by atoms with E-state index in [2.05, 4.69) is 21.6 Å². The Morgan fingerprint density at radius 3 is 2.36 bits per heavy atom. The van der Waals surface area contributed by atoms with Gasteiger partial charge in [0, 0.05) is 51.4 Å². The summed E-state index contributed by atoms with van der Waals surface area (Å²) in [6.45, 7) is 8.30. The normalized spacial score (nSPS) is 17.4. The van der Waals surface area contributed by atoms with Gasteiger partial charge in [-0.05, 0) is 54.9 Å². The van der Waals surface area contributed by atoms with Crippen molar-refractivity contribution < 1.29 is 27.4 Å². The summed E-state index contributed by atoms with van der Waals surface area (Å²) in [5.74, 6) is 0.391. The van der Waals surface area contributed by atoms with Crippen LogP contribution in [-0.4, -0.2) is 73.3 Å². The molecule has 0 radical (unpaired) electrons. The first-order valence-corrected chi connectivity index (χ1v) is 11.0. The zero-order valence-electron chi connectivity index (χ0n) is 18.8. The molecule has 0 aliphatic carbocycles. The molecule has 1 amide bonds. The number of carbonyl (C=O) groups is 1. The molecule has 9 heteroatoms. The van der Waals surface area contributed by atoms with Crippen molar-refractivity contribution in [2.75, 3.05) is 46.4 Å². The zero-order chi connectivity index (χ0) is 23.6. The second-order valence-corrected chi connectivity index (χ2v) is 8.62. The van der Waals surface area contributed by atoms with E-state index in [4.69, 9.17) is 4.74 Å². The zero-order valence-corrected chi connectivity index (χ0v) is 18.8. The molecule has 0 aromatic heterocycles. The van der Waals surface area contributed by atoms with Crippen molar-refractivity contribution in [2.45, 2.75) is 26.4 Å². The van der Waals surface area contributed by atoms with Crippen LogP contribution in [0, 0.1) is 6.92 Å². The van der Waals surface area contributed by atoms with Crippen LogP contribution in [0.1, 0.15) is 27.0 Å². The SMILES string of the molecule is Cc1cc(OCCN2CCN(C)CC2)cc2c1C(=O)N(Cc1ccc(OC(F)(F)F)cc1)C2. The van der Waals surface area contributed by atoms with Crippen LogP contribution in [0.4, 0.5) is 13.2 Å². The lowest BCUT2D eigenvalue weighted by molar-refractivity contribution is -0.274. The number of halogens is 3. The maximum Gasteiger partial charge on any atom is 0.573 e. The largest absolute Gasteiger partial charge is 0.573 e. The van der Waals surface area contributed by atoms with Crippen LogP contribution < -0.4 is 9.47 Å². The summed E-state index contributed by atoms with van der Waals surface area (Å²) in [7, 11) is 2.13. The third-order valence-corrected chi connectivity index (χ3v) is 6.06. The molecule has 0 spiro atoms. The number of fused-ring (bicyclic) bond motifs is 1. The van der Waals surface area contributed by atoms with Gasteiger partial charge in [-0.1, -0.05) is 12.1 Å². The molecule has 0 atom stereocenters. The second-order valence-electron chi connectivity index (χ2n) is 8.62. The minimum atomic E-state index is -4.73. The van der Waals surface area contributed by atoms with Crippen LogP contribution in [0.2, 0.25) is 0 Å². The Bertz CT molecular complexity index is 987. The third kappa shape index (κ3) is 5.97. The van der Waals surface area contributed by atoms with E-state index in [9.17, 15) is 18.0 Å². The number of nitrogens with zero attached hydrogens (tertiary/aromatic N) is 3. The first kappa shape index (κ1) is 23.4. The number of likely N-dealkylation sites (N-methyl/N-ethyl adjacent to an activating group) is 1. The fourth-order valence-electron chi connectivity index (χ4n) is 4.28. The van der Waals surface area contributed by atoms with Crippen LogP contribution in [0.3, 0.4) is 0 Å². The van der Waals surface area contributed by atoms with Gasteiger partial charge in [0.15, 0.2) is 0 Å². The van der Waals surface area contributed by atoms with Crippen molar-refractivity contribution in [3.05, 3.63) is 58.7 Å². The molecule has 1 fully saturated rings. The fourth-order valence-corrected chi connectivity index (χ4v) is 4.28. The van der Waals surface area contributed by atoms with Crippen molar-refractivity contribution >= 4 is 5.91 Å². The average molecular weight is 464 g/mol. The number of alkyl halides is 3. The summed E-state index contributed by atoms with van der Waals surface area (Å²) in [5, 5.41) is 0. The second kappa shape index (κ2) is 9.61. The van der Waals surface area contributed by atoms with Crippen LogP contribution >= 0.6 is 0 Å². The van der Waals surface area contributed by atoms with E-state index in [0.717, 1.165) is 55.2 Å². The summed E-state index contributed by atoms with van der Waals surface area (Å²) in [6.07, 6.45) is -4.73. The van der Waals surface area contributed by atoms with Gasteiger partial charge in [0.2, 0.25) is 0 Å². The lowest BCUT2D eigenvalue weighted by atomic mass is 10.0. The number of rotatable bonds is 7. The molecule has 2 aliphatic heterocycles. The smallest absolute Gasteiger partial charge is 0.492 e. The Labute approximate surface area is 191 Å². The molecular weight excluding hydrogens is 435 g/mol. The Morgan fingerprint density at radius 2 is 1.70 bits per heavy atom. The van der Waals surface area contributed by atoms with Gasteiger partial charge in [-0.15, -0.1) is 13.2 Å². The molecule has 33 heavy (non-hydrogen) atoms. The summed E-state index contributed by atoms with van der Waals surface area (Å²) >= 11 is 0. The van der Waals surface area contributed by atoms with Crippen LogP contribution in [0.15, 0.2) is 36.4 Å². The standard InChI is InChI=1S/C24H28F3N3O3/c1-17-13-21(32-12-11-29-9-7-28(2)8-10-29)14-19-16-30(23(31)22(17)19)15-18-3-5-20(6-4-18)33-24(25,26)27/h3-6,13-14H,7-12,15-16H2,1-2H3. The van der Waals surface area contributed by atoms with E-state index >= 15 is 0 Å². The van der Waals surface area contributed by atoms with Crippen LogP contribution in [-0.2, 0) is 13.1 Å².